The summed E-state index contributed by atoms with van der Waals surface area (Å²) in [6.07, 6.45) is 0.526. The summed E-state index contributed by atoms with van der Waals surface area (Å²) in [5.41, 5.74) is 3.76. The Hall–Kier alpha value is -6.02. The highest BCUT2D eigenvalue weighted by molar-refractivity contribution is 7.99. The van der Waals surface area contributed by atoms with Crippen molar-refractivity contribution in [2.45, 2.75) is 30.7 Å². The van der Waals surface area contributed by atoms with Gasteiger partial charge in [-0.2, -0.15) is 5.10 Å². The van der Waals surface area contributed by atoms with Gasteiger partial charge < -0.3 is 19.4 Å². The molecule has 0 saturated carbocycles. The summed E-state index contributed by atoms with van der Waals surface area (Å²) >= 11 is 1.24. The van der Waals surface area contributed by atoms with E-state index in [-0.39, 0.29) is 35.5 Å². The molecule has 2 heterocycles. The number of methoxy groups -OCH3 is 2. The van der Waals surface area contributed by atoms with Crippen LogP contribution in [0.3, 0.4) is 0 Å². The van der Waals surface area contributed by atoms with Crippen LogP contribution in [0.25, 0.3) is 0 Å². The maximum absolute atomic E-state index is 13.9. The number of aromatic nitrogens is 3. The molecule has 6 rings (SSSR count). The molecule has 1 aliphatic heterocycles. The third kappa shape index (κ3) is 7.81. The smallest absolute Gasteiger partial charge is 0.269 e. The number of carbonyl (C=O) groups is 2. The first kappa shape index (κ1) is 33.9. The minimum atomic E-state index is -0.521. The van der Waals surface area contributed by atoms with Crippen molar-refractivity contribution in [1.82, 2.24) is 25.1 Å². The van der Waals surface area contributed by atoms with Crippen LogP contribution in [-0.2, 0) is 17.9 Å². The Morgan fingerprint density at radius 2 is 1.56 bits per heavy atom. The zero-order valence-electron chi connectivity index (χ0n) is 27.3. The summed E-state index contributed by atoms with van der Waals surface area (Å²) in [6.45, 7) is 0.455. The molecule has 254 valence electrons. The number of ether oxygens (including phenoxy) is 2. The number of rotatable bonds is 13. The fourth-order valence-corrected chi connectivity index (χ4v) is 6.26. The van der Waals surface area contributed by atoms with Crippen LogP contribution in [0.5, 0.6) is 11.5 Å². The van der Waals surface area contributed by atoms with E-state index < -0.39 is 10.8 Å². The number of hydrazone groups is 1. The highest BCUT2D eigenvalue weighted by atomic mass is 32.2. The molecule has 0 radical (unpaired) electrons. The lowest BCUT2D eigenvalue weighted by Gasteiger charge is -2.22. The SMILES string of the molecule is COc1ccc(C2=NN(C(=O)CSc3nnc(CNC(=O)c4ccc([N+](=O)[O-])cc4)n3Cc3ccccc3)C(c3ccc(OC)cc3)C2)cc1. The number of hydrogen-bond donors (Lipinski definition) is 1. The van der Waals surface area contributed by atoms with Gasteiger partial charge in [0.15, 0.2) is 11.0 Å². The summed E-state index contributed by atoms with van der Waals surface area (Å²) in [7, 11) is 3.22. The fourth-order valence-electron chi connectivity index (χ4n) is 5.45. The number of thioether (sulfide) groups is 1. The molecule has 1 aromatic heterocycles. The van der Waals surface area contributed by atoms with Crippen molar-refractivity contribution in [2.24, 2.45) is 5.10 Å². The second-order valence-electron chi connectivity index (χ2n) is 11.3. The number of non-ortho nitro benzene ring substituents is 1. The minimum absolute atomic E-state index is 0.0358. The van der Waals surface area contributed by atoms with Gasteiger partial charge in [-0.25, -0.2) is 5.01 Å². The summed E-state index contributed by atoms with van der Waals surface area (Å²) in [5.74, 6) is 1.34. The van der Waals surface area contributed by atoms with Crippen molar-refractivity contribution in [3.05, 3.63) is 141 Å². The molecule has 0 saturated heterocycles. The van der Waals surface area contributed by atoms with E-state index in [1.54, 1.807) is 14.2 Å². The molecule has 0 fully saturated rings. The van der Waals surface area contributed by atoms with Gasteiger partial charge >= 0.3 is 0 Å². The molecule has 4 aromatic carbocycles. The van der Waals surface area contributed by atoms with Crippen LogP contribution < -0.4 is 14.8 Å². The molecule has 0 aliphatic carbocycles. The lowest BCUT2D eigenvalue weighted by atomic mass is 9.98. The van der Waals surface area contributed by atoms with Gasteiger partial charge in [0.05, 0.1) is 49.7 Å². The zero-order valence-corrected chi connectivity index (χ0v) is 28.1. The number of nitro groups is 1. The number of nitrogens with zero attached hydrogens (tertiary/aromatic N) is 6. The van der Waals surface area contributed by atoms with E-state index in [0.717, 1.165) is 28.2 Å². The minimum Gasteiger partial charge on any atom is -0.497 e. The molecular formula is C36H33N7O6S. The number of amides is 2. The van der Waals surface area contributed by atoms with E-state index in [4.69, 9.17) is 14.6 Å². The highest BCUT2D eigenvalue weighted by Crippen LogP contribution is 2.35. The van der Waals surface area contributed by atoms with E-state index in [1.807, 2.05) is 83.4 Å². The second kappa shape index (κ2) is 15.5. The van der Waals surface area contributed by atoms with E-state index in [2.05, 4.69) is 15.5 Å². The highest BCUT2D eigenvalue weighted by Gasteiger charge is 2.33. The van der Waals surface area contributed by atoms with Crippen LogP contribution in [0.15, 0.2) is 113 Å². The maximum Gasteiger partial charge on any atom is 0.269 e. The molecule has 13 nitrogen and oxygen atoms in total. The third-order valence-corrected chi connectivity index (χ3v) is 9.09. The second-order valence-corrected chi connectivity index (χ2v) is 12.2. The van der Waals surface area contributed by atoms with Gasteiger partial charge in [0.1, 0.15) is 11.5 Å². The molecular weight excluding hydrogens is 659 g/mol. The first-order valence-electron chi connectivity index (χ1n) is 15.6. The van der Waals surface area contributed by atoms with Crippen LogP contribution in [0.2, 0.25) is 0 Å². The Bertz CT molecular complexity index is 2000. The third-order valence-electron chi connectivity index (χ3n) is 8.14. The number of hydrogen-bond acceptors (Lipinski definition) is 10. The van der Waals surface area contributed by atoms with Crippen molar-refractivity contribution >= 4 is 35.0 Å². The van der Waals surface area contributed by atoms with Crippen molar-refractivity contribution in [2.75, 3.05) is 20.0 Å². The summed E-state index contributed by atoms with van der Waals surface area (Å²) in [6, 6.07) is 30.0. The summed E-state index contributed by atoms with van der Waals surface area (Å²) in [4.78, 5) is 37.3. The van der Waals surface area contributed by atoms with Crippen molar-refractivity contribution in [3.8, 4) is 11.5 Å². The molecule has 0 bridgehead atoms. The van der Waals surface area contributed by atoms with Crippen molar-refractivity contribution in [1.29, 1.82) is 0 Å². The van der Waals surface area contributed by atoms with E-state index in [1.165, 1.54) is 41.0 Å². The van der Waals surface area contributed by atoms with E-state index in [0.29, 0.717) is 29.7 Å². The molecule has 5 aromatic rings. The Balaban J connectivity index is 1.21. The van der Waals surface area contributed by atoms with Crippen LogP contribution >= 0.6 is 11.8 Å². The predicted octanol–water partition coefficient (Wildman–Crippen LogP) is 5.65. The normalized spacial score (nSPS) is 13.8. The Morgan fingerprint density at radius 1 is 0.900 bits per heavy atom. The monoisotopic (exact) mass is 691 g/mol. The molecule has 1 N–H and O–H groups in total. The molecule has 1 aliphatic rings. The quantitative estimate of drug-likeness (QED) is 0.0937. The maximum atomic E-state index is 13.9. The lowest BCUT2D eigenvalue weighted by Crippen LogP contribution is -2.28. The fraction of sp³-hybridized carbons (Fsp3) is 0.194. The molecule has 1 unspecified atom stereocenters. The molecule has 2 amide bonds. The van der Waals surface area contributed by atoms with Gasteiger partial charge in [0.25, 0.3) is 17.5 Å². The predicted molar refractivity (Wildman–Crippen MR) is 187 cm³/mol. The Labute approximate surface area is 292 Å². The molecule has 1 atom stereocenters. The summed E-state index contributed by atoms with van der Waals surface area (Å²) < 4.78 is 12.5. The van der Waals surface area contributed by atoms with Crippen LogP contribution in [0, 0.1) is 10.1 Å². The van der Waals surface area contributed by atoms with Gasteiger partial charge in [0, 0.05) is 24.1 Å². The zero-order chi connectivity index (χ0) is 35.0. The molecule has 50 heavy (non-hydrogen) atoms. The van der Waals surface area contributed by atoms with Crippen molar-refractivity contribution < 1.29 is 24.0 Å². The number of nitrogens with one attached hydrogen (secondary N) is 1. The summed E-state index contributed by atoms with van der Waals surface area (Å²) in [5, 5.41) is 29.4. The Morgan fingerprint density at radius 3 is 2.20 bits per heavy atom. The first-order valence-corrected chi connectivity index (χ1v) is 16.6. The van der Waals surface area contributed by atoms with E-state index in [9.17, 15) is 19.7 Å². The average Bonchev–Trinajstić information content (AvgIpc) is 3.78. The Kier molecular flexibility index (Phi) is 10.5. The largest absolute Gasteiger partial charge is 0.497 e. The molecule has 0 spiro atoms. The van der Waals surface area contributed by atoms with Gasteiger partial charge in [-0.05, 0) is 65.2 Å². The standard InChI is InChI=1S/C36H33N7O6S/c1-48-29-16-10-25(11-17-29)31-20-32(26-12-18-30(49-2)19-13-26)42(40-31)34(44)23-50-36-39-38-33(41(36)22-24-6-4-3-5-7-24)21-37-35(45)27-8-14-28(15-9-27)43(46)47/h3-19,32H,20-23H2,1-2H3,(H,37,45). The number of carbonyl (C=O) groups excluding carboxylic acids is 2. The molecule has 14 heteroatoms. The van der Waals surface area contributed by atoms with Crippen LogP contribution in [0.1, 0.15) is 45.3 Å². The van der Waals surface area contributed by atoms with Gasteiger partial charge in [0.2, 0.25) is 0 Å². The number of benzene rings is 4. The van der Waals surface area contributed by atoms with Gasteiger partial charge in [-0.1, -0.05) is 54.2 Å². The van der Waals surface area contributed by atoms with Crippen LogP contribution in [-0.4, -0.2) is 62.2 Å². The average molecular weight is 692 g/mol. The topological polar surface area (TPSA) is 154 Å². The van der Waals surface area contributed by atoms with Crippen LogP contribution in [0.4, 0.5) is 5.69 Å². The van der Waals surface area contributed by atoms with Gasteiger partial charge in [-0.3, -0.25) is 19.7 Å². The van der Waals surface area contributed by atoms with Crippen molar-refractivity contribution in [3.63, 3.8) is 0 Å². The first-order chi connectivity index (χ1) is 24.3. The van der Waals surface area contributed by atoms with E-state index >= 15 is 0 Å². The van der Waals surface area contributed by atoms with Gasteiger partial charge in [-0.15, -0.1) is 10.2 Å². The lowest BCUT2D eigenvalue weighted by molar-refractivity contribution is -0.384. The number of nitro benzene ring substituents is 1.